The van der Waals surface area contributed by atoms with Crippen LogP contribution in [0.4, 0.5) is 0 Å². The molecule has 0 aromatic heterocycles. The molecule has 0 aliphatic carbocycles. The van der Waals surface area contributed by atoms with Crippen molar-refractivity contribution in [1.29, 1.82) is 0 Å². The molecule has 3 heteroatoms. The van der Waals surface area contributed by atoms with Crippen LogP contribution in [-0.2, 0) is 13.0 Å². The van der Waals surface area contributed by atoms with Crippen LogP contribution in [-0.4, -0.2) is 25.8 Å². The van der Waals surface area contributed by atoms with Crippen molar-refractivity contribution >= 4 is 8.07 Å². The zero-order chi connectivity index (χ0) is 16.7. The lowest BCUT2D eigenvalue weighted by Crippen LogP contribution is -3.00. The largest absolute Gasteiger partial charge is 1.00 e. The van der Waals surface area contributed by atoms with Crippen LogP contribution in [0.5, 0.6) is 0 Å². The van der Waals surface area contributed by atoms with E-state index in [1.807, 2.05) is 0 Å². The van der Waals surface area contributed by atoms with E-state index in [4.69, 9.17) is 0 Å². The fraction of sp³-hybridized carbons (Fsp3) is 0.429. The third kappa shape index (κ3) is 4.30. The molecule has 1 nitrogen and oxygen atoms in total. The topological polar surface area (TPSA) is 0 Å². The van der Waals surface area contributed by atoms with E-state index in [2.05, 4.69) is 82.1 Å². The molecule has 0 saturated carbocycles. The summed E-state index contributed by atoms with van der Waals surface area (Å²) in [5, 5.41) is 0. The number of quaternary nitrogens is 1. The van der Waals surface area contributed by atoms with Gasteiger partial charge in [0.15, 0.2) is 0 Å². The Morgan fingerprint density at radius 2 is 1.54 bits per heavy atom. The summed E-state index contributed by atoms with van der Waals surface area (Å²) >= 11 is 0. The van der Waals surface area contributed by atoms with E-state index in [9.17, 15) is 0 Å². The smallest absolute Gasteiger partial charge is 0.119 e. The third-order valence-electron chi connectivity index (χ3n) is 5.11. The molecule has 0 radical (unpaired) electrons. The molecule has 0 saturated heterocycles. The quantitative estimate of drug-likeness (QED) is 0.381. The van der Waals surface area contributed by atoms with Crippen LogP contribution < -0.4 is 24.0 Å². The van der Waals surface area contributed by atoms with Gasteiger partial charge in [0.05, 0.1) is 13.2 Å². The number of fused-ring (bicyclic) bond motifs is 1. The summed E-state index contributed by atoms with van der Waals surface area (Å²) in [6, 6.07) is 18.9. The van der Waals surface area contributed by atoms with E-state index >= 15 is 0 Å². The van der Waals surface area contributed by atoms with Crippen molar-refractivity contribution in [3.8, 4) is 0 Å². The summed E-state index contributed by atoms with van der Waals surface area (Å²) in [6.45, 7) is 10.9. The van der Waals surface area contributed by atoms with Gasteiger partial charge in [0, 0.05) is 17.5 Å². The van der Waals surface area contributed by atoms with E-state index in [-0.39, 0.29) is 24.0 Å². The Morgan fingerprint density at radius 3 is 2.12 bits per heavy atom. The summed E-state index contributed by atoms with van der Waals surface area (Å²) in [5.41, 5.74) is 5.95. The Hall–Kier alpha value is -0.653. The van der Waals surface area contributed by atoms with Crippen LogP contribution in [0.1, 0.15) is 28.3 Å². The zero-order valence-electron chi connectivity index (χ0n) is 15.6. The molecule has 0 amide bonds. The first-order chi connectivity index (χ1) is 10.8. The van der Waals surface area contributed by atoms with Gasteiger partial charge in [0.1, 0.15) is 20.7 Å². The van der Waals surface area contributed by atoms with Crippen LogP contribution >= 0.6 is 0 Å². The Bertz CT molecular complexity index is 690. The van der Waals surface area contributed by atoms with Gasteiger partial charge in [0.25, 0.3) is 0 Å². The molecule has 0 fully saturated rings. The first-order valence-electron chi connectivity index (χ1n) is 8.74. The zero-order valence-corrected chi connectivity index (χ0v) is 18.8. The van der Waals surface area contributed by atoms with Crippen molar-refractivity contribution in [1.82, 2.24) is 0 Å². The van der Waals surface area contributed by atoms with Crippen LogP contribution in [0.25, 0.3) is 0 Å². The second-order valence-corrected chi connectivity index (χ2v) is 14.2. The van der Waals surface area contributed by atoms with Crippen molar-refractivity contribution in [2.75, 3.05) is 13.2 Å². The van der Waals surface area contributed by atoms with Crippen LogP contribution in [0.15, 0.2) is 48.5 Å². The van der Waals surface area contributed by atoms with Gasteiger partial charge < -0.3 is 28.5 Å². The predicted octanol–water partition coefficient (Wildman–Crippen LogP) is 2.12. The number of likely N-dealkylation sites (N-methyl/N-ethyl adjacent to an activating group) is 1. The number of nitrogens with zero attached hydrogens (tertiary/aromatic N) is 1. The summed E-state index contributed by atoms with van der Waals surface area (Å²) in [4.78, 5) is 0. The van der Waals surface area contributed by atoms with E-state index < -0.39 is 8.07 Å². The van der Waals surface area contributed by atoms with E-state index in [0.717, 1.165) is 4.48 Å². The molecule has 130 valence electrons. The molecule has 0 N–H and O–H groups in total. The maximum absolute atomic E-state index is 2.50. The molecule has 24 heavy (non-hydrogen) atoms. The minimum absolute atomic E-state index is 0. The van der Waals surface area contributed by atoms with Gasteiger partial charge in [-0.3, -0.25) is 0 Å². The molecule has 2 atom stereocenters. The lowest BCUT2D eigenvalue weighted by molar-refractivity contribution is -0.945. The number of aryl methyl sites for hydroxylation is 1. The average molecular weight is 451 g/mol. The Balaban J connectivity index is 0.00000208. The molecule has 2 aromatic carbocycles. The van der Waals surface area contributed by atoms with Gasteiger partial charge in [-0.15, -0.1) is 0 Å². The monoisotopic (exact) mass is 451 g/mol. The predicted molar refractivity (Wildman–Crippen MR) is 102 cm³/mol. The van der Waals surface area contributed by atoms with Crippen molar-refractivity contribution in [3.05, 3.63) is 70.8 Å². The maximum atomic E-state index is 2.50. The number of hydrogen-bond donors (Lipinski definition) is 0. The summed E-state index contributed by atoms with van der Waals surface area (Å²) < 4.78 is 1.16. The normalized spacial score (nSPS) is 23.3. The van der Waals surface area contributed by atoms with Crippen LogP contribution in [0, 0.1) is 6.92 Å². The number of benzene rings is 2. The molecule has 0 unspecified atom stereocenters. The lowest BCUT2D eigenvalue weighted by Gasteiger charge is -2.48. The first kappa shape index (κ1) is 19.7. The van der Waals surface area contributed by atoms with Crippen molar-refractivity contribution in [3.63, 3.8) is 0 Å². The highest BCUT2D eigenvalue weighted by molar-refractivity contribution is 6.76. The molecular formula is C21H30INSi. The van der Waals surface area contributed by atoms with Crippen LogP contribution in [0.2, 0.25) is 19.6 Å². The Kier molecular flexibility index (Phi) is 5.98. The molecule has 0 bridgehead atoms. The Morgan fingerprint density at radius 1 is 0.958 bits per heavy atom. The molecule has 0 spiro atoms. The maximum Gasteiger partial charge on any atom is 0.119 e. The molecule has 1 aliphatic heterocycles. The lowest BCUT2D eigenvalue weighted by atomic mass is 9.88. The second kappa shape index (κ2) is 7.30. The van der Waals surface area contributed by atoms with E-state index in [1.165, 1.54) is 30.3 Å². The Labute approximate surface area is 165 Å². The summed E-state index contributed by atoms with van der Waals surface area (Å²) in [7, 11) is 1.33. The van der Waals surface area contributed by atoms with E-state index in [1.54, 1.807) is 11.1 Å². The van der Waals surface area contributed by atoms with Gasteiger partial charge >= 0.3 is 0 Å². The SMILES string of the molecule is Cc1ccc([C@@H]2Cc3ccccc3C[N@+]2(C)C[Si](C)(C)C)cc1.[I-]. The van der Waals surface area contributed by atoms with Gasteiger partial charge in [-0.1, -0.05) is 73.7 Å². The molecular weight excluding hydrogens is 421 g/mol. The minimum Gasteiger partial charge on any atom is -1.00 e. The number of rotatable bonds is 3. The highest BCUT2D eigenvalue weighted by Gasteiger charge is 2.41. The molecule has 1 heterocycles. The molecule has 3 rings (SSSR count). The average Bonchev–Trinajstić information content (AvgIpc) is 2.45. The fourth-order valence-corrected chi connectivity index (χ4v) is 6.85. The fourth-order valence-electron chi connectivity index (χ4n) is 4.35. The minimum atomic E-state index is -1.15. The van der Waals surface area contributed by atoms with Gasteiger partial charge in [-0.05, 0) is 12.5 Å². The van der Waals surface area contributed by atoms with Crippen molar-refractivity contribution in [2.45, 2.75) is 45.6 Å². The highest BCUT2D eigenvalue weighted by atomic mass is 127. The standard InChI is InChI=1S/C21H30NSi.HI/c1-17-10-12-18(13-11-17)21-14-19-8-6-7-9-20(19)15-22(21,2)16-23(3,4)5;/h6-13,21H,14-16H2,1-5H3;1H/q+1;/p-1/t21-,22+;/m0./s1. The number of hydrogen-bond acceptors (Lipinski definition) is 0. The van der Waals surface area contributed by atoms with E-state index in [0.29, 0.717) is 6.04 Å². The summed E-state index contributed by atoms with van der Waals surface area (Å²) in [5.74, 6) is 0. The van der Waals surface area contributed by atoms with Gasteiger partial charge in [-0.2, -0.15) is 0 Å². The highest BCUT2D eigenvalue weighted by Crippen LogP contribution is 2.39. The van der Waals surface area contributed by atoms with Crippen molar-refractivity contribution < 1.29 is 28.5 Å². The second-order valence-electron chi connectivity index (χ2n) is 8.76. The third-order valence-corrected chi connectivity index (χ3v) is 6.78. The number of halogens is 1. The van der Waals surface area contributed by atoms with Gasteiger partial charge in [-0.25, -0.2) is 0 Å². The van der Waals surface area contributed by atoms with Gasteiger partial charge in [0.2, 0.25) is 0 Å². The van der Waals surface area contributed by atoms with Crippen molar-refractivity contribution in [2.24, 2.45) is 0 Å². The molecule has 2 aromatic rings. The first-order valence-corrected chi connectivity index (χ1v) is 12.5. The molecule has 1 aliphatic rings. The summed E-state index contributed by atoms with van der Waals surface area (Å²) in [6.07, 6.45) is 2.50. The van der Waals surface area contributed by atoms with Crippen LogP contribution in [0.3, 0.4) is 0 Å².